The van der Waals surface area contributed by atoms with E-state index in [1.807, 2.05) is 115 Å². The van der Waals surface area contributed by atoms with E-state index in [0.717, 1.165) is 5.56 Å². The lowest BCUT2D eigenvalue weighted by molar-refractivity contribution is 0.0621. The van der Waals surface area contributed by atoms with E-state index in [1.165, 1.54) is 0 Å². The van der Waals surface area contributed by atoms with Crippen molar-refractivity contribution in [3.05, 3.63) is 211 Å². The van der Waals surface area contributed by atoms with Gasteiger partial charge in [0.05, 0.1) is 50.4 Å². The number of hydrogen-bond donors (Lipinski definition) is 9. The lowest BCUT2D eigenvalue weighted by Crippen LogP contribution is -2.45. The number of hydrogen-bond acceptors (Lipinski definition) is 9. The molecule has 0 saturated heterocycles. The summed E-state index contributed by atoms with van der Waals surface area (Å²) in [6, 6.07) is 40.3. The van der Waals surface area contributed by atoms with Crippen LogP contribution < -0.4 is 0 Å². The molecule has 0 radical (unpaired) electrons. The van der Waals surface area contributed by atoms with Crippen LogP contribution in [0.2, 0.25) is 0 Å². The molecule has 9 heteroatoms. The van der Waals surface area contributed by atoms with E-state index in [-0.39, 0.29) is 0 Å². The van der Waals surface area contributed by atoms with Gasteiger partial charge in [0.1, 0.15) is 0 Å². The van der Waals surface area contributed by atoms with E-state index >= 15 is 0 Å². The molecule has 0 heterocycles. The quantitative estimate of drug-likeness (QED) is 0.0429. The minimum absolute atomic E-state index is 0.401. The highest BCUT2D eigenvalue weighted by molar-refractivity contribution is 5.64. The van der Waals surface area contributed by atoms with E-state index in [4.69, 9.17) is 0 Å². The van der Waals surface area contributed by atoms with Crippen molar-refractivity contribution in [2.75, 3.05) is 0 Å². The molecule has 9 N–H and O–H groups in total. The van der Waals surface area contributed by atoms with Gasteiger partial charge in [-0.25, -0.2) is 0 Å². The van der Waals surface area contributed by atoms with Gasteiger partial charge < -0.3 is 46.0 Å². The fraction of sp³-hybridized carbons (Fsp3) is 0.455. The van der Waals surface area contributed by atoms with Crippen LogP contribution in [-0.4, -0.2) is 46.0 Å². The Morgan fingerprint density at radius 2 is 0.560 bits per heavy atom. The standard InChI is InChI=1S/C66H86O9/c1-57(2,67)43-27-29-44(30-28-43)66(51-36-48(61(9,10)71)35-49(37-51)62(11,12)72,55(41-25-22-26-45(31-41)58(3,4)68)42-32-46(59(5,6)69)34-47(33-42)60(7,8)70)56(40-23-20-19-21-24-40)54-52(64(15,16)74)38-50(63(13,14)73)39-53(54)65(17,18)75/h19-39,55-56,67-75H,1-18H3. The molecule has 6 aromatic carbocycles. The smallest absolute Gasteiger partial charge is 0.0843 e. The minimum Gasteiger partial charge on any atom is -0.386 e. The van der Waals surface area contributed by atoms with Gasteiger partial charge in [-0.15, -0.1) is 0 Å². The van der Waals surface area contributed by atoms with Gasteiger partial charge in [0.2, 0.25) is 0 Å². The molecule has 9 nitrogen and oxygen atoms in total. The Balaban J connectivity index is 2.19. The van der Waals surface area contributed by atoms with Crippen molar-refractivity contribution in [2.24, 2.45) is 0 Å². The van der Waals surface area contributed by atoms with E-state index in [1.54, 1.807) is 137 Å². The fourth-order valence-electron chi connectivity index (χ4n) is 10.7. The fourth-order valence-corrected chi connectivity index (χ4v) is 10.7. The van der Waals surface area contributed by atoms with Crippen molar-refractivity contribution < 1.29 is 46.0 Å². The molecule has 3 atom stereocenters. The normalized spacial score (nSPS) is 15.4. The third-order valence-corrected chi connectivity index (χ3v) is 15.1. The Bertz CT molecular complexity index is 2880. The van der Waals surface area contributed by atoms with Crippen LogP contribution in [0.5, 0.6) is 0 Å². The molecule has 0 aromatic heterocycles. The Kier molecular flexibility index (Phi) is 15.6. The molecule has 0 fully saturated rings. The highest BCUT2D eigenvalue weighted by Crippen LogP contribution is 2.62. The maximum absolute atomic E-state index is 12.9. The van der Waals surface area contributed by atoms with Crippen LogP contribution in [0.4, 0.5) is 0 Å². The Morgan fingerprint density at radius 1 is 0.240 bits per heavy atom. The summed E-state index contributed by atoms with van der Waals surface area (Å²) in [4.78, 5) is 0. The van der Waals surface area contributed by atoms with Gasteiger partial charge in [0, 0.05) is 17.3 Å². The second-order valence-corrected chi connectivity index (χ2v) is 26.0. The van der Waals surface area contributed by atoms with Crippen LogP contribution >= 0.6 is 0 Å². The summed E-state index contributed by atoms with van der Waals surface area (Å²) >= 11 is 0. The summed E-state index contributed by atoms with van der Waals surface area (Å²) in [5, 5.41) is 110. The zero-order chi connectivity index (χ0) is 56.7. The van der Waals surface area contributed by atoms with E-state index in [2.05, 4.69) is 0 Å². The summed E-state index contributed by atoms with van der Waals surface area (Å²) in [5.41, 5.74) is -6.76. The van der Waals surface area contributed by atoms with Crippen molar-refractivity contribution >= 4 is 0 Å². The monoisotopic (exact) mass is 1020 g/mol. The van der Waals surface area contributed by atoms with Crippen molar-refractivity contribution in [3.8, 4) is 0 Å². The molecule has 0 aliphatic heterocycles. The first kappa shape index (κ1) is 59.2. The predicted molar refractivity (Wildman–Crippen MR) is 300 cm³/mol. The first-order valence-electron chi connectivity index (χ1n) is 26.2. The highest BCUT2D eigenvalue weighted by Gasteiger charge is 2.54. The Morgan fingerprint density at radius 3 is 0.933 bits per heavy atom. The second kappa shape index (κ2) is 19.8. The van der Waals surface area contributed by atoms with Gasteiger partial charge in [0.25, 0.3) is 0 Å². The van der Waals surface area contributed by atoms with Crippen LogP contribution in [0.3, 0.4) is 0 Å². The van der Waals surface area contributed by atoms with Gasteiger partial charge in [-0.2, -0.15) is 0 Å². The lowest BCUT2D eigenvalue weighted by atomic mass is 9.50. The molecule has 0 saturated carbocycles. The van der Waals surface area contributed by atoms with Gasteiger partial charge in [-0.1, -0.05) is 115 Å². The first-order chi connectivity index (χ1) is 33.9. The molecule has 0 aliphatic rings. The van der Waals surface area contributed by atoms with Crippen LogP contribution in [0.1, 0.15) is 220 Å². The third kappa shape index (κ3) is 12.6. The minimum atomic E-state index is -1.65. The molecule has 0 amide bonds. The zero-order valence-corrected chi connectivity index (χ0v) is 47.8. The number of benzene rings is 6. The predicted octanol–water partition coefficient (Wildman–Crippen LogP) is 11.7. The maximum Gasteiger partial charge on any atom is 0.0843 e. The van der Waals surface area contributed by atoms with Gasteiger partial charge in [-0.05, 0) is 220 Å². The summed E-state index contributed by atoms with van der Waals surface area (Å²) in [7, 11) is 0. The van der Waals surface area contributed by atoms with Crippen LogP contribution in [0.15, 0.2) is 127 Å². The van der Waals surface area contributed by atoms with Crippen LogP contribution in [0, 0.1) is 0 Å². The summed E-state index contributed by atoms with van der Waals surface area (Å²) in [6.45, 7) is 30.5. The van der Waals surface area contributed by atoms with Crippen LogP contribution in [0.25, 0.3) is 0 Å². The van der Waals surface area contributed by atoms with Crippen molar-refractivity contribution in [2.45, 2.75) is 192 Å². The van der Waals surface area contributed by atoms with Crippen molar-refractivity contribution in [3.63, 3.8) is 0 Å². The molecular weight excluding hydrogens is 937 g/mol. The van der Waals surface area contributed by atoms with Gasteiger partial charge in [-0.3, -0.25) is 0 Å². The third-order valence-electron chi connectivity index (χ3n) is 15.1. The van der Waals surface area contributed by atoms with Crippen molar-refractivity contribution in [1.29, 1.82) is 0 Å². The molecule has 0 aliphatic carbocycles. The SMILES string of the molecule is CC(C)(O)c1ccc(C(c2cc(C(C)(C)O)cc(C(C)(C)O)c2)(C(c2cccc(C(C)(C)O)c2)c2cc(C(C)(C)O)cc(C(C)(C)O)c2)C(c2ccccc2)c2c(C(C)(C)O)cc(C(C)(C)O)cc2C(C)(C)O)cc1. The molecule has 3 unspecified atom stereocenters. The van der Waals surface area contributed by atoms with E-state index < -0.39 is 67.7 Å². The lowest BCUT2D eigenvalue weighted by Gasteiger charge is -2.51. The number of aliphatic hydroxyl groups is 9. The maximum atomic E-state index is 12.9. The van der Waals surface area contributed by atoms with Gasteiger partial charge >= 0.3 is 0 Å². The van der Waals surface area contributed by atoms with Crippen molar-refractivity contribution in [1.82, 2.24) is 0 Å². The van der Waals surface area contributed by atoms with E-state index in [0.29, 0.717) is 77.9 Å². The molecule has 6 aromatic rings. The molecule has 404 valence electrons. The summed E-state index contributed by atoms with van der Waals surface area (Å²) in [6.07, 6.45) is 0. The van der Waals surface area contributed by atoms with E-state index in [9.17, 15) is 46.0 Å². The van der Waals surface area contributed by atoms with Gasteiger partial charge in [0.15, 0.2) is 0 Å². The van der Waals surface area contributed by atoms with Crippen LogP contribution in [-0.2, 0) is 55.8 Å². The molecular formula is C66H86O9. The molecule has 0 spiro atoms. The zero-order valence-electron chi connectivity index (χ0n) is 47.8. The molecule has 0 bridgehead atoms. The molecule has 75 heavy (non-hydrogen) atoms. The summed E-state index contributed by atoms with van der Waals surface area (Å²) < 4.78 is 0. The topological polar surface area (TPSA) is 182 Å². The second-order valence-electron chi connectivity index (χ2n) is 26.0. The summed E-state index contributed by atoms with van der Waals surface area (Å²) in [5.74, 6) is -1.98. The number of rotatable bonds is 17. The first-order valence-corrected chi connectivity index (χ1v) is 26.2. The average molecular weight is 1020 g/mol. The molecule has 6 rings (SSSR count). The Hall–Kier alpha value is -5.04. The average Bonchev–Trinajstić information content (AvgIpc) is 3.26. The largest absolute Gasteiger partial charge is 0.386 e. The Labute approximate surface area is 447 Å². The highest BCUT2D eigenvalue weighted by atomic mass is 16.3.